The summed E-state index contributed by atoms with van der Waals surface area (Å²) in [6.07, 6.45) is 3.27. The summed E-state index contributed by atoms with van der Waals surface area (Å²) in [5.74, 6) is 2.09. The number of ether oxygens (including phenoxy) is 1. The molecule has 0 amide bonds. The highest BCUT2D eigenvalue weighted by molar-refractivity contribution is 5.98. The molecule has 1 saturated carbocycles. The number of benzene rings is 2. The first kappa shape index (κ1) is 12.0. The molecule has 19 heavy (non-hydrogen) atoms. The molecule has 1 aliphatic carbocycles. The van der Waals surface area contributed by atoms with Crippen LogP contribution >= 0.6 is 0 Å². The molecule has 0 unspecified atom stereocenters. The third-order valence-electron chi connectivity index (χ3n) is 3.59. The van der Waals surface area contributed by atoms with Crippen molar-refractivity contribution in [1.29, 1.82) is 0 Å². The lowest BCUT2D eigenvalue weighted by molar-refractivity contribution is 0.0855. The van der Waals surface area contributed by atoms with E-state index in [0.717, 1.165) is 29.9 Å². The molecule has 1 fully saturated rings. The van der Waals surface area contributed by atoms with Crippen LogP contribution in [-0.4, -0.2) is 5.78 Å². The molecule has 0 atom stereocenters. The molecule has 0 aromatic heterocycles. The maximum atomic E-state index is 12.1. The molecule has 2 aromatic carbocycles. The Bertz CT molecular complexity index is 554. The van der Waals surface area contributed by atoms with Gasteiger partial charge in [0, 0.05) is 11.5 Å². The van der Waals surface area contributed by atoms with Gasteiger partial charge in [0.25, 0.3) is 0 Å². The lowest BCUT2D eigenvalue weighted by atomic mass is 9.80. The first-order chi connectivity index (χ1) is 9.33. The third-order valence-corrected chi connectivity index (χ3v) is 3.59. The van der Waals surface area contributed by atoms with Crippen LogP contribution in [0, 0.1) is 5.92 Å². The molecule has 2 aromatic rings. The Morgan fingerprint density at radius 1 is 0.895 bits per heavy atom. The molecular weight excluding hydrogens is 236 g/mol. The van der Waals surface area contributed by atoms with Crippen LogP contribution in [0.15, 0.2) is 54.6 Å². The monoisotopic (exact) mass is 252 g/mol. The summed E-state index contributed by atoms with van der Waals surface area (Å²) >= 11 is 0. The summed E-state index contributed by atoms with van der Waals surface area (Å²) in [6.45, 7) is 0. The number of hydrogen-bond donors (Lipinski definition) is 0. The van der Waals surface area contributed by atoms with E-state index in [-0.39, 0.29) is 11.7 Å². The molecule has 0 spiro atoms. The average Bonchev–Trinajstić information content (AvgIpc) is 2.39. The number of ketones is 1. The van der Waals surface area contributed by atoms with Gasteiger partial charge in [-0.05, 0) is 49.2 Å². The van der Waals surface area contributed by atoms with Gasteiger partial charge in [-0.25, -0.2) is 0 Å². The first-order valence-corrected chi connectivity index (χ1v) is 6.70. The van der Waals surface area contributed by atoms with E-state index in [4.69, 9.17) is 4.74 Å². The maximum absolute atomic E-state index is 12.1. The van der Waals surface area contributed by atoms with Crippen molar-refractivity contribution in [2.75, 3.05) is 0 Å². The van der Waals surface area contributed by atoms with Gasteiger partial charge in [0.05, 0.1) is 0 Å². The quantitative estimate of drug-likeness (QED) is 0.751. The van der Waals surface area contributed by atoms with E-state index in [9.17, 15) is 4.79 Å². The summed E-state index contributed by atoms with van der Waals surface area (Å²) in [5, 5.41) is 0. The van der Waals surface area contributed by atoms with Gasteiger partial charge in [0.1, 0.15) is 11.5 Å². The van der Waals surface area contributed by atoms with Crippen LogP contribution in [-0.2, 0) is 0 Å². The second-order valence-electron chi connectivity index (χ2n) is 4.93. The number of para-hydroxylation sites is 1. The largest absolute Gasteiger partial charge is 0.457 e. The van der Waals surface area contributed by atoms with E-state index in [1.807, 2.05) is 54.6 Å². The van der Waals surface area contributed by atoms with E-state index in [2.05, 4.69) is 0 Å². The summed E-state index contributed by atoms with van der Waals surface area (Å²) in [6, 6.07) is 17.1. The highest BCUT2D eigenvalue weighted by Crippen LogP contribution is 2.30. The number of carbonyl (C=O) groups is 1. The maximum Gasteiger partial charge on any atom is 0.165 e. The fourth-order valence-corrected chi connectivity index (χ4v) is 2.22. The second kappa shape index (κ2) is 5.27. The smallest absolute Gasteiger partial charge is 0.165 e. The SMILES string of the molecule is O=C(c1ccc(Oc2ccccc2)cc1)C1CCC1. The minimum Gasteiger partial charge on any atom is -0.457 e. The van der Waals surface area contributed by atoms with E-state index in [1.54, 1.807) is 0 Å². The average molecular weight is 252 g/mol. The third kappa shape index (κ3) is 2.68. The molecule has 0 radical (unpaired) electrons. The lowest BCUT2D eigenvalue weighted by Gasteiger charge is -2.23. The molecule has 0 heterocycles. The Hall–Kier alpha value is -2.09. The highest BCUT2D eigenvalue weighted by atomic mass is 16.5. The van der Waals surface area contributed by atoms with Crippen LogP contribution in [0.3, 0.4) is 0 Å². The summed E-state index contributed by atoms with van der Waals surface area (Å²) in [5.41, 5.74) is 0.796. The molecule has 0 saturated heterocycles. The number of carbonyl (C=O) groups excluding carboxylic acids is 1. The lowest BCUT2D eigenvalue weighted by Crippen LogP contribution is -2.21. The topological polar surface area (TPSA) is 26.3 Å². The van der Waals surface area contributed by atoms with Gasteiger partial charge in [-0.3, -0.25) is 4.79 Å². The van der Waals surface area contributed by atoms with Crippen LogP contribution in [0.1, 0.15) is 29.6 Å². The fourth-order valence-electron chi connectivity index (χ4n) is 2.22. The van der Waals surface area contributed by atoms with E-state index >= 15 is 0 Å². The number of rotatable bonds is 4. The standard InChI is InChI=1S/C17H16O2/c18-17(13-5-4-6-13)14-9-11-16(12-10-14)19-15-7-2-1-3-8-15/h1-3,7-13H,4-6H2. The normalized spacial score (nSPS) is 14.7. The number of hydrogen-bond acceptors (Lipinski definition) is 2. The van der Waals surface area contributed by atoms with Gasteiger partial charge >= 0.3 is 0 Å². The Kier molecular flexibility index (Phi) is 3.32. The zero-order valence-corrected chi connectivity index (χ0v) is 10.7. The van der Waals surface area contributed by atoms with Gasteiger partial charge in [-0.1, -0.05) is 24.6 Å². The van der Waals surface area contributed by atoms with Gasteiger partial charge in [0.2, 0.25) is 0 Å². The van der Waals surface area contributed by atoms with Crippen molar-refractivity contribution in [1.82, 2.24) is 0 Å². The van der Waals surface area contributed by atoms with Crippen molar-refractivity contribution >= 4 is 5.78 Å². The van der Waals surface area contributed by atoms with Gasteiger partial charge in [0.15, 0.2) is 5.78 Å². The molecular formula is C17H16O2. The van der Waals surface area contributed by atoms with Crippen molar-refractivity contribution in [3.8, 4) is 11.5 Å². The van der Waals surface area contributed by atoms with Gasteiger partial charge in [-0.2, -0.15) is 0 Å². The molecule has 3 rings (SSSR count). The van der Waals surface area contributed by atoms with Crippen molar-refractivity contribution < 1.29 is 9.53 Å². The number of Topliss-reactive ketones (excluding diaryl/α,β-unsaturated/α-hetero) is 1. The predicted molar refractivity (Wildman–Crippen MR) is 74.6 cm³/mol. The molecule has 2 heteroatoms. The molecule has 0 aliphatic heterocycles. The molecule has 96 valence electrons. The van der Waals surface area contributed by atoms with Crippen LogP contribution in [0.4, 0.5) is 0 Å². The fraction of sp³-hybridized carbons (Fsp3) is 0.235. The van der Waals surface area contributed by atoms with Crippen LogP contribution < -0.4 is 4.74 Å². The molecule has 0 N–H and O–H groups in total. The summed E-state index contributed by atoms with van der Waals surface area (Å²) in [4.78, 5) is 12.1. The minimum atomic E-state index is 0.251. The second-order valence-corrected chi connectivity index (χ2v) is 4.93. The van der Waals surface area contributed by atoms with Crippen LogP contribution in [0.25, 0.3) is 0 Å². The van der Waals surface area contributed by atoms with Crippen LogP contribution in [0.2, 0.25) is 0 Å². The van der Waals surface area contributed by atoms with Crippen molar-refractivity contribution in [3.63, 3.8) is 0 Å². The Morgan fingerprint density at radius 2 is 1.53 bits per heavy atom. The molecule has 0 bridgehead atoms. The van der Waals surface area contributed by atoms with E-state index < -0.39 is 0 Å². The van der Waals surface area contributed by atoms with Gasteiger partial charge < -0.3 is 4.74 Å². The summed E-state index contributed by atoms with van der Waals surface area (Å²) in [7, 11) is 0. The minimum absolute atomic E-state index is 0.251. The van der Waals surface area contributed by atoms with Crippen molar-refractivity contribution in [2.24, 2.45) is 5.92 Å². The van der Waals surface area contributed by atoms with E-state index in [1.165, 1.54) is 6.42 Å². The van der Waals surface area contributed by atoms with Crippen molar-refractivity contribution in [2.45, 2.75) is 19.3 Å². The zero-order valence-electron chi connectivity index (χ0n) is 10.7. The van der Waals surface area contributed by atoms with Crippen molar-refractivity contribution in [3.05, 3.63) is 60.2 Å². The highest BCUT2D eigenvalue weighted by Gasteiger charge is 2.25. The predicted octanol–water partition coefficient (Wildman–Crippen LogP) is 4.46. The Morgan fingerprint density at radius 3 is 2.11 bits per heavy atom. The Labute approximate surface area is 113 Å². The molecule has 2 nitrogen and oxygen atoms in total. The van der Waals surface area contributed by atoms with Crippen LogP contribution in [0.5, 0.6) is 11.5 Å². The zero-order chi connectivity index (χ0) is 13.1. The Balaban J connectivity index is 1.70. The van der Waals surface area contributed by atoms with E-state index in [0.29, 0.717) is 0 Å². The van der Waals surface area contributed by atoms with Gasteiger partial charge in [-0.15, -0.1) is 0 Å². The first-order valence-electron chi connectivity index (χ1n) is 6.70. The molecule has 1 aliphatic rings. The summed E-state index contributed by atoms with van der Waals surface area (Å²) < 4.78 is 5.70.